The summed E-state index contributed by atoms with van der Waals surface area (Å²) in [6.07, 6.45) is 0.803. The number of anilines is 2. The van der Waals surface area contributed by atoms with Crippen LogP contribution in [0.3, 0.4) is 0 Å². The fraction of sp³-hybridized carbons (Fsp3) is 0.450. The van der Waals surface area contributed by atoms with Crippen molar-refractivity contribution in [1.29, 1.82) is 0 Å². The normalized spacial score (nSPS) is 17.5. The number of aromatic hydroxyl groups is 1. The van der Waals surface area contributed by atoms with Crippen LogP contribution in [0.1, 0.15) is 84.0 Å². The molecule has 0 spiro atoms. The summed E-state index contributed by atoms with van der Waals surface area (Å²) in [5, 5.41) is 15.8. The van der Waals surface area contributed by atoms with Crippen molar-refractivity contribution in [1.82, 2.24) is 0 Å². The summed E-state index contributed by atoms with van der Waals surface area (Å²) < 4.78 is 11.7. The number of hydrogen-bond donors (Lipinski definition) is 2. The standard InChI is InChI=1S/C40H48Cl2N2O5Si/c1-24(2)50(25(3)4)26(5)19-28-13-16-33-36(38(28)46)43-32-21-40(6,7)22-34(45)35(32)37(44(33)39(47)48-18-17-41)30-15-14-29(20-31(30)42)49-23-27-11-9-8-10-12-27/h8-16,20,24-26,37H,17-19,21-23H2,1-7H3,(H-,43,45,46)/p+1. The molecule has 1 amide bonds. The van der Waals surface area contributed by atoms with Crippen LogP contribution in [-0.2, 0) is 22.6 Å². The molecule has 0 bridgehead atoms. The van der Waals surface area contributed by atoms with Crippen LogP contribution in [0.15, 0.2) is 71.9 Å². The summed E-state index contributed by atoms with van der Waals surface area (Å²) in [6, 6.07) is 17.9. The Balaban J connectivity index is 1.65. The predicted molar refractivity (Wildman–Crippen MR) is 205 cm³/mol. The second-order valence-corrected chi connectivity index (χ2v) is 20.0. The number of halogens is 2. The Morgan fingerprint density at radius 2 is 1.74 bits per heavy atom. The molecule has 2 unspecified atom stereocenters. The lowest BCUT2D eigenvalue weighted by Gasteiger charge is -2.37. The molecule has 2 N–H and O–H groups in total. The first kappa shape index (κ1) is 37.8. The molecule has 3 aromatic carbocycles. The number of nitrogens with zero attached hydrogens (tertiary/aromatic N) is 1. The number of ether oxygens (including phenoxy) is 2. The van der Waals surface area contributed by atoms with E-state index in [-0.39, 0.29) is 35.9 Å². The second kappa shape index (κ2) is 15.8. The molecule has 0 radical (unpaired) electrons. The molecule has 0 saturated heterocycles. The minimum Gasteiger partial charge on any atom is -0.505 e. The highest BCUT2D eigenvalue weighted by Crippen LogP contribution is 2.52. The second-order valence-electron chi connectivity index (χ2n) is 14.9. The van der Waals surface area contributed by atoms with Crippen LogP contribution < -0.4 is 15.0 Å². The lowest BCUT2D eigenvalue weighted by atomic mass is 9.73. The molecule has 266 valence electrons. The molecule has 10 heteroatoms. The Morgan fingerprint density at radius 1 is 1.04 bits per heavy atom. The first-order valence-electron chi connectivity index (χ1n) is 17.4. The molecule has 1 aliphatic carbocycles. The van der Waals surface area contributed by atoms with E-state index in [4.69, 9.17) is 32.7 Å². The predicted octanol–water partition coefficient (Wildman–Crippen LogP) is 10.9. The monoisotopic (exact) mass is 735 g/mol. The van der Waals surface area contributed by atoms with Crippen LogP contribution in [0.4, 0.5) is 16.2 Å². The van der Waals surface area contributed by atoms with Crippen LogP contribution in [0.25, 0.3) is 0 Å². The van der Waals surface area contributed by atoms with E-state index in [2.05, 4.69) is 53.8 Å². The fourth-order valence-corrected chi connectivity index (χ4v) is 12.2. The van der Waals surface area contributed by atoms with Gasteiger partial charge in [0, 0.05) is 29.1 Å². The van der Waals surface area contributed by atoms with Gasteiger partial charge < -0.3 is 19.9 Å². The molecular weight excluding hydrogens is 687 g/mol. The molecule has 3 aromatic rings. The van der Waals surface area contributed by atoms with Crippen LogP contribution >= 0.6 is 23.2 Å². The highest BCUT2D eigenvalue weighted by atomic mass is 35.5. The smallest absolute Gasteiger partial charge is 0.415 e. The van der Waals surface area contributed by atoms with Crippen molar-refractivity contribution >= 4 is 55.2 Å². The third-order valence-corrected chi connectivity index (χ3v) is 14.2. The quantitative estimate of drug-likeness (QED) is 0.116. The van der Waals surface area contributed by atoms with Crippen molar-refractivity contribution < 1.29 is 24.2 Å². The lowest BCUT2D eigenvalue weighted by Crippen LogP contribution is -2.40. The van der Waals surface area contributed by atoms with Gasteiger partial charge in [-0.2, -0.15) is 0 Å². The molecule has 0 fully saturated rings. The number of phenols is 1. The number of ketones is 1. The number of alkyl halides is 1. The molecule has 5 rings (SSSR count). The van der Waals surface area contributed by atoms with Crippen molar-refractivity contribution in [3.05, 3.63) is 93.6 Å². The van der Waals surface area contributed by atoms with Crippen molar-refractivity contribution in [3.8, 4) is 11.5 Å². The van der Waals surface area contributed by atoms with Crippen LogP contribution in [-0.4, -0.2) is 38.3 Å². The van der Waals surface area contributed by atoms with Gasteiger partial charge in [0.05, 0.1) is 34.2 Å². The van der Waals surface area contributed by atoms with Gasteiger partial charge in [-0.3, -0.25) is 9.69 Å². The Morgan fingerprint density at radius 3 is 2.38 bits per heavy atom. The van der Waals surface area contributed by atoms with E-state index in [0.717, 1.165) is 11.1 Å². The summed E-state index contributed by atoms with van der Waals surface area (Å²) in [6.45, 7) is 15.9. The maximum atomic E-state index is 14.2. The van der Waals surface area contributed by atoms with Gasteiger partial charge in [0.2, 0.25) is 0 Å². The summed E-state index contributed by atoms with van der Waals surface area (Å²) in [5.41, 5.74) is 5.37. The summed E-state index contributed by atoms with van der Waals surface area (Å²) in [4.78, 5) is 29.8. The average Bonchev–Trinajstić information content (AvgIpc) is 3.18. The lowest BCUT2D eigenvalue weighted by molar-refractivity contribution is -0.118. The number of benzene rings is 3. The summed E-state index contributed by atoms with van der Waals surface area (Å²) >= 11 is 13.0. The van der Waals surface area contributed by atoms with Crippen molar-refractivity contribution in [2.24, 2.45) is 5.41 Å². The average molecular weight is 737 g/mol. The number of Topliss-reactive ketones (excluding diaryl/α,β-unsaturated/α-hetero) is 1. The third kappa shape index (κ3) is 8.19. The van der Waals surface area contributed by atoms with E-state index >= 15 is 0 Å². The minimum atomic E-state index is -0.943. The number of nitrogens with one attached hydrogen (secondary N) is 1. The van der Waals surface area contributed by atoms with Crippen LogP contribution in [0.2, 0.25) is 21.6 Å². The Kier molecular flexibility index (Phi) is 12.0. The number of rotatable bonds is 11. The first-order valence-corrected chi connectivity index (χ1v) is 20.1. The van der Waals surface area contributed by atoms with Gasteiger partial charge in [0.25, 0.3) is 0 Å². The zero-order valence-corrected chi connectivity index (χ0v) is 32.6. The van der Waals surface area contributed by atoms with Crippen molar-refractivity contribution in [3.63, 3.8) is 0 Å². The number of hydrogen-bond acceptors (Lipinski definition) is 6. The Hall–Kier alpha value is -3.46. The molecule has 0 saturated carbocycles. The number of fused-ring (bicyclic) bond motifs is 1. The van der Waals surface area contributed by atoms with E-state index in [1.165, 1.54) is 4.90 Å². The van der Waals surface area contributed by atoms with Gasteiger partial charge in [-0.1, -0.05) is 67.9 Å². The number of allylic oxidation sites excluding steroid dienone is 1. The molecule has 1 aliphatic heterocycles. The van der Waals surface area contributed by atoms with Gasteiger partial charge in [-0.15, -0.1) is 11.6 Å². The van der Waals surface area contributed by atoms with Crippen molar-refractivity contribution in [2.75, 3.05) is 22.7 Å². The third-order valence-electron chi connectivity index (χ3n) is 9.67. The maximum absolute atomic E-state index is 14.2. The highest BCUT2D eigenvalue weighted by Gasteiger charge is 2.46. The molecule has 2 aliphatic rings. The molecular formula is C40H49Cl2N2O5Si+. The van der Waals surface area contributed by atoms with E-state index in [1.807, 2.05) is 42.5 Å². The van der Waals surface area contributed by atoms with E-state index in [1.54, 1.807) is 18.2 Å². The highest BCUT2D eigenvalue weighted by molar-refractivity contribution is 6.63. The Bertz CT molecular complexity index is 1730. The van der Waals surface area contributed by atoms with E-state index < -0.39 is 20.9 Å². The van der Waals surface area contributed by atoms with Gasteiger partial charge in [-0.05, 0) is 81.3 Å². The van der Waals surface area contributed by atoms with E-state index in [9.17, 15) is 14.7 Å². The van der Waals surface area contributed by atoms with Gasteiger partial charge >= 0.3 is 14.9 Å². The molecule has 0 aromatic heterocycles. The Labute approximate surface area is 308 Å². The fourth-order valence-electron chi connectivity index (χ4n) is 7.80. The zero-order chi connectivity index (χ0) is 36.3. The number of carbonyl (C=O) groups is 2. The van der Waals surface area contributed by atoms with Gasteiger partial charge in [-0.25, -0.2) is 4.79 Å². The number of amides is 1. The van der Waals surface area contributed by atoms with Crippen molar-refractivity contribution in [2.45, 2.75) is 97.0 Å². The molecule has 50 heavy (non-hydrogen) atoms. The summed E-state index contributed by atoms with van der Waals surface area (Å²) in [7, 11) is -0.753. The molecule has 7 nitrogen and oxygen atoms in total. The maximum Gasteiger partial charge on any atom is 0.415 e. The number of phenolic OH excluding ortho intramolecular Hbond substituents is 1. The van der Waals surface area contributed by atoms with Gasteiger partial charge in [0.15, 0.2) is 5.78 Å². The minimum absolute atomic E-state index is 0.0317. The molecule has 1 heterocycles. The summed E-state index contributed by atoms with van der Waals surface area (Å²) in [5.74, 6) is 0.614. The van der Waals surface area contributed by atoms with Gasteiger partial charge in [0.1, 0.15) is 30.4 Å². The van der Waals surface area contributed by atoms with Crippen LogP contribution in [0, 0.1) is 5.41 Å². The zero-order valence-electron chi connectivity index (χ0n) is 30.1. The SMILES string of the molecule is CC(C)[Si+](C(C)C)C(C)Cc1ccc2c(c1O)NC1=C(C(=O)CC(C)(C)C1)C(c1ccc(OCc3ccccc3)cc1Cl)N2C(=O)OCCCl. The first-order chi connectivity index (χ1) is 23.7. The number of carbonyl (C=O) groups excluding carboxylic acids is 2. The topological polar surface area (TPSA) is 88.1 Å². The van der Waals surface area contributed by atoms with E-state index in [0.29, 0.717) is 75.1 Å². The van der Waals surface area contributed by atoms with Crippen LogP contribution in [0.5, 0.6) is 11.5 Å². The largest absolute Gasteiger partial charge is 0.505 e. The molecule has 2 atom stereocenters.